The molecule has 0 saturated heterocycles. The molecule has 0 atom stereocenters. The maximum absolute atomic E-state index is 13.3. The molecule has 0 radical (unpaired) electrons. The molecule has 6 nitrogen and oxygen atoms in total. The van der Waals surface area contributed by atoms with Crippen molar-refractivity contribution >= 4 is 16.8 Å². The zero-order valence-electron chi connectivity index (χ0n) is 17.9. The number of alkyl halides is 6. The van der Waals surface area contributed by atoms with Crippen LogP contribution in [0.5, 0.6) is 5.88 Å². The lowest BCUT2D eigenvalue weighted by atomic mass is 10.0. The molecule has 4 aromatic rings. The Bertz CT molecular complexity index is 1380. The predicted octanol–water partition coefficient (Wildman–Crippen LogP) is 5.60. The molecule has 0 aliphatic heterocycles. The normalized spacial score (nSPS) is 12.1. The van der Waals surface area contributed by atoms with Gasteiger partial charge in [0.15, 0.2) is 0 Å². The van der Waals surface area contributed by atoms with E-state index in [2.05, 4.69) is 20.3 Å². The van der Waals surface area contributed by atoms with Crippen molar-refractivity contribution < 1.29 is 35.9 Å². The van der Waals surface area contributed by atoms with Gasteiger partial charge < -0.3 is 15.0 Å². The van der Waals surface area contributed by atoms with Gasteiger partial charge in [0.2, 0.25) is 5.88 Å². The molecule has 0 aliphatic rings. The van der Waals surface area contributed by atoms with Gasteiger partial charge in [0, 0.05) is 35.5 Å². The molecule has 182 valence electrons. The van der Waals surface area contributed by atoms with E-state index < -0.39 is 29.6 Å². The van der Waals surface area contributed by atoms with Gasteiger partial charge in [0.25, 0.3) is 5.91 Å². The van der Waals surface area contributed by atoms with Crippen LogP contribution in [0.2, 0.25) is 0 Å². The third-order valence-corrected chi connectivity index (χ3v) is 5.12. The summed E-state index contributed by atoms with van der Waals surface area (Å²) in [5, 5.41) is 2.78. The largest absolute Gasteiger partial charge is 0.481 e. The fourth-order valence-electron chi connectivity index (χ4n) is 3.51. The summed E-state index contributed by atoms with van der Waals surface area (Å²) in [5.41, 5.74) is -0.755. The highest BCUT2D eigenvalue weighted by Gasteiger charge is 2.33. The number of aromatic amines is 1. The number of pyridine rings is 2. The lowest BCUT2D eigenvalue weighted by Gasteiger charge is -2.12. The molecule has 4 rings (SSSR count). The third-order valence-electron chi connectivity index (χ3n) is 5.12. The minimum atomic E-state index is -4.64. The SMILES string of the molecule is COc1ncccc1-c1cc(CNC(=O)c2ccc(C(F)(F)F)nc2)cc2cc(C(F)(F)F)[nH]c12. The number of rotatable bonds is 5. The second-order valence-electron chi connectivity index (χ2n) is 7.46. The van der Waals surface area contributed by atoms with E-state index in [1.165, 1.54) is 19.4 Å². The zero-order chi connectivity index (χ0) is 25.4. The fourth-order valence-corrected chi connectivity index (χ4v) is 3.51. The van der Waals surface area contributed by atoms with Gasteiger partial charge in [-0.2, -0.15) is 26.3 Å². The molecule has 35 heavy (non-hydrogen) atoms. The van der Waals surface area contributed by atoms with Gasteiger partial charge in [-0.1, -0.05) is 0 Å². The highest BCUT2D eigenvalue weighted by atomic mass is 19.4. The quantitative estimate of drug-likeness (QED) is 0.354. The van der Waals surface area contributed by atoms with E-state index in [0.29, 0.717) is 22.8 Å². The number of H-pyrrole nitrogens is 1. The van der Waals surface area contributed by atoms with E-state index in [4.69, 9.17) is 4.74 Å². The predicted molar refractivity (Wildman–Crippen MR) is 113 cm³/mol. The number of hydrogen-bond acceptors (Lipinski definition) is 4. The number of carbonyl (C=O) groups excluding carboxylic acids is 1. The van der Waals surface area contributed by atoms with Crippen molar-refractivity contribution in [3.05, 3.63) is 77.4 Å². The first-order valence-corrected chi connectivity index (χ1v) is 10.0. The van der Waals surface area contributed by atoms with E-state index in [0.717, 1.165) is 18.3 Å². The summed E-state index contributed by atoms with van der Waals surface area (Å²) in [6.07, 6.45) is -6.98. The number of hydrogen-bond donors (Lipinski definition) is 2. The average molecular weight is 494 g/mol. The van der Waals surface area contributed by atoms with Crippen LogP contribution in [0.25, 0.3) is 22.0 Å². The Kier molecular flexibility index (Phi) is 6.14. The highest BCUT2D eigenvalue weighted by Crippen LogP contribution is 2.38. The van der Waals surface area contributed by atoms with Gasteiger partial charge in [-0.3, -0.25) is 9.78 Å². The van der Waals surface area contributed by atoms with Crippen molar-refractivity contribution in [1.82, 2.24) is 20.3 Å². The van der Waals surface area contributed by atoms with Crippen LogP contribution in [0.3, 0.4) is 0 Å². The Balaban J connectivity index is 1.68. The van der Waals surface area contributed by atoms with Crippen LogP contribution < -0.4 is 10.1 Å². The van der Waals surface area contributed by atoms with Crippen LogP contribution in [0.4, 0.5) is 26.3 Å². The molecule has 1 aromatic carbocycles. The smallest absolute Gasteiger partial charge is 0.433 e. The molecule has 1 amide bonds. The Hall–Kier alpha value is -4.09. The fraction of sp³-hybridized carbons (Fsp3) is 0.174. The van der Waals surface area contributed by atoms with Gasteiger partial charge in [0.05, 0.1) is 18.2 Å². The number of nitrogens with zero attached hydrogens (tertiary/aromatic N) is 2. The highest BCUT2D eigenvalue weighted by molar-refractivity contribution is 5.97. The Labute approximate surface area is 194 Å². The summed E-state index contributed by atoms with van der Waals surface area (Å²) >= 11 is 0. The van der Waals surface area contributed by atoms with E-state index in [1.807, 2.05) is 0 Å². The maximum atomic E-state index is 13.3. The summed E-state index contributed by atoms with van der Waals surface area (Å²) < 4.78 is 83.3. The van der Waals surface area contributed by atoms with Crippen LogP contribution in [-0.4, -0.2) is 28.0 Å². The summed E-state index contributed by atoms with van der Waals surface area (Å²) in [5.74, 6) is -0.508. The molecule has 0 saturated carbocycles. The number of ether oxygens (including phenoxy) is 1. The number of fused-ring (bicyclic) bond motifs is 1. The van der Waals surface area contributed by atoms with Gasteiger partial charge in [-0.25, -0.2) is 4.98 Å². The average Bonchev–Trinajstić information content (AvgIpc) is 3.26. The van der Waals surface area contributed by atoms with Gasteiger partial charge in [-0.05, 0) is 48.0 Å². The van der Waals surface area contributed by atoms with Crippen LogP contribution in [0.1, 0.15) is 27.3 Å². The number of halogens is 6. The molecule has 0 aliphatic carbocycles. The molecule has 2 N–H and O–H groups in total. The number of nitrogens with one attached hydrogen (secondary N) is 2. The summed E-state index contributed by atoms with van der Waals surface area (Å²) in [6.45, 7) is -0.113. The van der Waals surface area contributed by atoms with Crippen molar-refractivity contribution in [3.8, 4) is 17.0 Å². The number of amides is 1. The first-order valence-electron chi connectivity index (χ1n) is 10.0. The molecule has 3 heterocycles. The van der Waals surface area contributed by atoms with Crippen LogP contribution >= 0.6 is 0 Å². The summed E-state index contributed by atoms with van der Waals surface area (Å²) in [7, 11) is 1.38. The van der Waals surface area contributed by atoms with Crippen molar-refractivity contribution in [2.24, 2.45) is 0 Å². The van der Waals surface area contributed by atoms with Crippen LogP contribution in [-0.2, 0) is 18.9 Å². The van der Waals surface area contributed by atoms with Crippen molar-refractivity contribution in [3.63, 3.8) is 0 Å². The van der Waals surface area contributed by atoms with E-state index in [1.54, 1.807) is 18.2 Å². The second kappa shape index (κ2) is 8.93. The maximum Gasteiger partial charge on any atom is 0.433 e. The van der Waals surface area contributed by atoms with Gasteiger partial charge in [0.1, 0.15) is 11.4 Å². The molecule has 3 aromatic heterocycles. The van der Waals surface area contributed by atoms with E-state index in [-0.39, 0.29) is 28.9 Å². The minimum Gasteiger partial charge on any atom is -0.481 e. The standard InChI is InChI=1S/C23H16F6N4O2/c1-35-21-15(3-2-6-30-21)16-8-12(7-14-9-18(23(27,28)29)33-19(14)16)10-32-20(34)13-4-5-17(31-11-13)22(24,25)26/h2-9,11,33H,10H2,1H3,(H,32,34). The number of aromatic nitrogens is 3. The zero-order valence-corrected chi connectivity index (χ0v) is 17.9. The molecule has 0 spiro atoms. The first-order chi connectivity index (χ1) is 16.5. The van der Waals surface area contributed by atoms with Gasteiger partial charge in [-0.15, -0.1) is 0 Å². The lowest BCUT2D eigenvalue weighted by Crippen LogP contribution is -2.23. The molecular formula is C23H16F6N4O2. The number of methoxy groups -OCH3 is 1. The molecule has 0 unspecified atom stereocenters. The van der Waals surface area contributed by atoms with E-state index in [9.17, 15) is 31.1 Å². The molecule has 0 bridgehead atoms. The minimum absolute atomic E-state index is 0.103. The first kappa shape index (κ1) is 24.0. The monoisotopic (exact) mass is 494 g/mol. The lowest BCUT2D eigenvalue weighted by molar-refractivity contribution is -0.141. The van der Waals surface area contributed by atoms with Crippen molar-refractivity contribution in [2.45, 2.75) is 18.9 Å². The van der Waals surface area contributed by atoms with E-state index >= 15 is 0 Å². The third kappa shape index (κ3) is 5.05. The van der Waals surface area contributed by atoms with Gasteiger partial charge >= 0.3 is 12.4 Å². The summed E-state index contributed by atoms with van der Waals surface area (Å²) in [4.78, 5) is 22.1. The van der Waals surface area contributed by atoms with Crippen molar-refractivity contribution in [1.29, 1.82) is 0 Å². The van der Waals surface area contributed by atoms with Crippen LogP contribution in [0, 0.1) is 0 Å². The number of carbonyl (C=O) groups is 1. The summed E-state index contributed by atoms with van der Waals surface area (Å²) in [6, 6.07) is 8.90. The molecule has 0 fully saturated rings. The Morgan fingerprint density at radius 3 is 2.40 bits per heavy atom. The number of benzene rings is 1. The second-order valence-corrected chi connectivity index (χ2v) is 7.46. The Morgan fingerprint density at radius 2 is 1.77 bits per heavy atom. The molecular weight excluding hydrogens is 478 g/mol. The Morgan fingerprint density at radius 1 is 1.00 bits per heavy atom. The topological polar surface area (TPSA) is 79.9 Å². The van der Waals surface area contributed by atoms with Crippen LogP contribution in [0.15, 0.2) is 54.9 Å². The van der Waals surface area contributed by atoms with Crippen molar-refractivity contribution in [2.75, 3.05) is 7.11 Å². The molecule has 12 heteroatoms.